The van der Waals surface area contributed by atoms with Crippen molar-refractivity contribution in [3.63, 3.8) is 0 Å². The van der Waals surface area contributed by atoms with Crippen molar-refractivity contribution in [3.8, 4) is 5.75 Å². The van der Waals surface area contributed by atoms with Crippen LogP contribution < -0.4 is 14.8 Å². The van der Waals surface area contributed by atoms with E-state index in [1.54, 1.807) is 0 Å². The first-order valence-corrected chi connectivity index (χ1v) is 9.09. The van der Waals surface area contributed by atoms with Crippen LogP contribution in [0.15, 0.2) is 29.2 Å². The third-order valence-electron chi connectivity index (χ3n) is 3.31. The molecule has 0 spiro atoms. The number of ether oxygens (including phenoxy) is 1. The molecule has 24 heavy (non-hydrogen) atoms. The Morgan fingerprint density at radius 3 is 2.46 bits per heavy atom. The summed E-state index contributed by atoms with van der Waals surface area (Å²) < 4.78 is 31.7. The van der Waals surface area contributed by atoms with E-state index in [0.29, 0.717) is 5.75 Å². The molecule has 0 bridgehead atoms. The zero-order chi connectivity index (χ0) is 17.6. The van der Waals surface area contributed by atoms with Gasteiger partial charge in [0.1, 0.15) is 5.75 Å². The van der Waals surface area contributed by atoms with Crippen LogP contribution in [0.5, 0.6) is 5.75 Å². The second-order valence-electron chi connectivity index (χ2n) is 5.50. The van der Waals surface area contributed by atoms with Crippen molar-refractivity contribution in [2.45, 2.75) is 36.6 Å². The third-order valence-corrected chi connectivity index (χ3v) is 4.78. The van der Waals surface area contributed by atoms with Gasteiger partial charge < -0.3 is 15.2 Å². The van der Waals surface area contributed by atoms with Crippen molar-refractivity contribution < 1.29 is 27.9 Å². The van der Waals surface area contributed by atoms with Gasteiger partial charge in [-0.25, -0.2) is 13.1 Å². The Bertz CT molecular complexity index is 682. The summed E-state index contributed by atoms with van der Waals surface area (Å²) in [6, 6.07) is 5.94. The average molecular weight is 356 g/mol. The van der Waals surface area contributed by atoms with E-state index in [1.807, 2.05) is 0 Å². The second-order valence-corrected chi connectivity index (χ2v) is 7.26. The number of benzene rings is 1. The molecular formula is C15H20N2O6S. The normalized spacial score (nSPS) is 14.2. The molecule has 3 N–H and O–H groups in total. The average Bonchev–Trinajstić information content (AvgIpc) is 3.34. The molecule has 0 aromatic heterocycles. The Hall–Kier alpha value is -2.13. The molecule has 2 rings (SSSR count). The number of sulfonamides is 1. The highest BCUT2D eigenvalue weighted by Crippen LogP contribution is 2.19. The van der Waals surface area contributed by atoms with Gasteiger partial charge in [0, 0.05) is 19.0 Å². The van der Waals surface area contributed by atoms with Gasteiger partial charge in [-0.15, -0.1) is 0 Å². The first kappa shape index (κ1) is 18.2. The minimum absolute atomic E-state index is 0.0487. The van der Waals surface area contributed by atoms with Crippen LogP contribution in [-0.2, 0) is 19.6 Å². The maximum absolute atomic E-state index is 12.0. The number of amides is 1. The molecular weight excluding hydrogens is 336 g/mol. The van der Waals surface area contributed by atoms with E-state index in [9.17, 15) is 18.0 Å². The topological polar surface area (TPSA) is 122 Å². The van der Waals surface area contributed by atoms with Gasteiger partial charge in [-0.3, -0.25) is 9.59 Å². The number of carbonyl (C=O) groups is 2. The molecule has 0 saturated heterocycles. The lowest BCUT2D eigenvalue weighted by molar-refractivity contribution is -0.137. The van der Waals surface area contributed by atoms with E-state index >= 15 is 0 Å². The van der Waals surface area contributed by atoms with Crippen LogP contribution in [0.4, 0.5) is 0 Å². The maximum atomic E-state index is 12.0. The molecule has 9 heteroatoms. The van der Waals surface area contributed by atoms with E-state index < -0.39 is 16.0 Å². The molecule has 1 aliphatic carbocycles. The molecule has 1 amide bonds. The smallest absolute Gasteiger partial charge is 0.303 e. The number of hydrogen-bond donors (Lipinski definition) is 3. The summed E-state index contributed by atoms with van der Waals surface area (Å²) >= 11 is 0. The van der Waals surface area contributed by atoms with Crippen molar-refractivity contribution in [1.29, 1.82) is 0 Å². The third kappa shape index (κ3) is 6.17. The number of carbonyl (C=O) groups excluding carboxylic acids is 1. The highest BCUT2D eigenvalue weighted by Gasteiger charge is 2.23. The van der Waals surface area contributed by atoms with Crippen LogP contribution in [0, 0.1) is 0 Å². The first-order chi connectivity index (χ1) is 11.4. The van der Waals surface area contributed by atoms with Gasteiger partial charge in [-0.2, -0.15) is 0 Å². The second kappa shape index (κ2) is 8.11. The van der Waals surface area contributed by atoms with E-state index in [-0.39, 0.29) is 42.8 Å². The molecule has 1 saturated carbocycles. The van der Waals surface area contributed by atoms with Gasteiger partial charge >= 0.3 is 5.97 Å². The first-order valence-electron chi connectivity index (χ1n) is 7.60. The predicted molar refractivity (Wildman–Crippen MR) is 85.2 cm³/mol. The number of aliphatic carboxylic acids is 1. The SMILES string of the molecule is O=C(O)CCCNS(=O)(=O)c1ccc(OCC(=O)NC2CC2)cc1. The van der Waals surface area contributed by atoms with Gasteiger partial charge in [0.2, 0.25) is 10.0 Å². The maximum Gasteiger partial charge on any atom is 0.303 e. The Kier molecular flexibility index (Phi) is 6.16. The van der Waals surface area contributed by atoms with E-state index in [1.165, 1.54) is 24.3 Å². The monoisotopic (exact) mass is 356 g/mol. The van der Waals surface area contributed by atoms with Crippen molar-refractivity contribution in [2.24, 2.45) is 0 Å². The molecule has 1 aromatic carbocycles. The van der Waals surface area contributed by atoms with Crippen molar-refractivity contribution in [2.75, 3.05) is 13.2 Å². The van der Waals surface area contributed by atoms with E-state index in [4.69, 9.17) is 9.84 Å². The molecule has 0 heterocycles. The number of carboxylic acid groups (broad SMARTS) is 1. The summed E-state index contributed by atoms with van der Waals surface area (Å²) in [6.07, 6.45) is 2.11. The molecule has 132 valence electrons. The molecule has 0 atom stereocenters. The summed E-state index contributed by atoms with van der Waals surface area (Å²) in [5.41, 5.74) is 0. The lowest BCUT2D eigenvalue weighted by Gasteiger charge is -2.09. The highest BCUT2D eigenvalue weighted by molar-refractivity contribution is 7.89. The van der Waals surface area contributed by atoms with Gasteiger partial charge in [0.15, 0.2) is 6.61 Å². The van der Waals surface area contributed by atoms with E-state index in [0.717, 1.165) is 12.8 Å². The van der Waals surface area contributed by atoms with Gasteiger partial charge in [0.05, 0.1) is 4.90 Å². The van der Waals surface area contributed by atoms with Crippen LogP contribution in [0.25, 0.3) is 0 Å². The molecule has 1 fully saturated rings. The Morgan fingerprint density at radius 1 is 1.21 bits per heavy atom. The zero-order valence-corrected chi connectivity index (χ0v) is 13.8. The van der Waals surface area contributed by atoms with Crippen LogP contribution in [-0.4, -0.2) is 44.6 Å². The Labute approximate surface area is 140 Å². The van der Waals surface area contributed by atoms with Crippen LogP contribution in [0.3, 0.4) is 0 Å². The minimum Gasteiger partial charge on any atom is -0.484 e. The van der Waals surface area contributed by atoms with Crippen LogP contribution in [0.1, 0.15) is 25.7 Å². The summed E-state index contributed by atoms with van der Waals surface area (Å²) in [4.78, 5) is 21.9. The predicted octanol–water partition coefficient (Wildman–Crippen LogP) is 0.487. The summed E-state index contributed by atoms with van der Waals surface area (Å²) in [5, 5.41) is 11.3. The largest absolute Gasteiger partial charge is 0.484 e. The van der Waals surface area contributed by atoms with Gasteiger partial charge in [-0.1, -0.05) is 0 Å². The number of carboxylic acids is 1. The molecule has 0 aliphatic heterocycles. The number of nitrogens with one attached hydrogen (secondary N) is 2. The summed E-state index contributed by atoms with van der Waals surface area (Å²) in [7, 11) is -3.69. The molecule has 1 aromatic rings. The van der Waals surface area contributed by atoms with Crippen molar-refractivity contribution >= 4 is 21.9 Å². The number of hydrogen-bond acceptors (Lipinski definition) is 5. The fourth-order valence-corrected chi connectivity index (χ4v) is 2.96. The summed E-state index contributed by atoms with van der Waals surface area (Å²) in [5.74, 6) is -0.776. The summed E-state index contributed by atoms with van der Waals surface area (Å²) in [6.45, 7) is -0.0652. The quantitative estimate of drug-likeness (QED) is 0.525. The van der Waals surface area contributed by atoms with Gasteiger partial charge in [-0.05, 0) is 43.5 Å². The number of rotatable bonds is 10. The van der Waals surface area contributed by atoms with Gasteiger partial charge in [0.25, 0.3) is 5.91 Å². The zero-order valence-electron chi connectivity index (χ0n) is 13.0. The highest BCUT2D eigenvalue weighted by atomic mass is 32.2. The Balaban J connectivity index is 1.80. The van der Waals surface area contributed by atoms with Crippen LogP contribution >= 0.6 is 0 Å². The van der Waals surface area contributed by atoms with Crippen molar-refractivity contribution in [1.82, 2.24) is 10.0 Å². The lowest BCUT2D eigenvalue weighted by Crippen LogP contribution is -2.30. The molecule has 1 aliphatic rings. The Morgan fingerprint density at radius 2 is 1.88 bits per heavy atom. The van der Waals surface area contributed by atoms with Crippen molar-refractivity contribution in [3.05, 3.63) is 24.3 Å². The van der Waals surface area contributed by atoms with E-state index in [2.05, 4.69) is 10.0 Å². The standard InChI is InChI=1S/C15H20N2O6S/c18-14(17-11-3-4-11)10-23-12-5-7-13(8-6-12)24(21,22)16-9-1-2-15(19)20/h5-8,11,16H,1-4,9-10H2,(H,17,18)(H,19,20). The fourth-order valence-electron chi connectivity index (χ4n) is 1.89. The molecule has 0 radical (unpaired) electrons. The molecule has 8 nitrogen and oxygen atoms in total. The van der Waals surface area contributed by atoms with Crippen LogP contribution in [0.2, 0.25) is 0 Å². The molecule has 0 unspecified atom stereocenters. The minimum atomic E-state index is -3.69. The fraction of sp³-hybridized carbons (Fsp3) is 0.467. The lowest BCUT2D eigenvalue weighted by atomic mass is 10.3.